The molecule has 0 amide bonds. The zero-order chi connectivity index (χ0) is 15.1. The van der Waals surface area contributed by atoms with Crippen molar-refractivity contribution in [1.29, 1.82) is 0 Å². The summed E-state index contributed by atoms with van der Waals surface area (Å²) in [6.07, 6.45) is -0.910. The Morgan fingerprint density at radius 2 is 2.05 bits per heavy atom. The molecule has 0 aliphatic rings. The minimum Gasteiger partial charge on any atom is -0.408 e. The highest BCUT2D eigenvalue weighted by Crippen LogP contribution is 2.28. The first-order chi connectivity index (χ1) is 9.97. The molecule has 2 aromatic carbocycles. The van der Waals surface area contributed by atoms with E-state index in [-0.39, 0.29) is 5.82 Å². The number of benzene rings is 2. The summed E-state index contributed by atoms with van der Waals surface area (Å²) < 4.78 is 20.3. The maximum absolute atomic E-state index is 13.1. The highest BCUT2D eigenvalue weighted by molar-refractivity contribution is 14.1. The SMILES string of the molecule is Cn1c(=O)oc2cc(C(O)c3ccc(F)cc3I)ccc21. The highest BCUT2D eigenvalue weighted by Gasteiger charge is 2.16. The zero-order valence-corrected chi connectivity index (χ0v) is 13.2. The fraction of sp³-hybridized carbons (Fsp3) is 0.133. The van der Waals surface area contributed by atoms with E-state index in [1.54, 1.807) is 31.3 Å². The lowest BCUT2D eigenvalue weighted by molar-refractivity contribution is 0.219. The molecule has 1 N–H and O–H groups in total. The van der Waals surface area contributed by atoms with Crippen LogP contribution in [0.2, 0.25) is 0 Å². The van der Waals surface area contributed by atoms with Crippen molar-refractivity contribution in [3.63, 3.8) is 0 Å². The lowest BCUT2D eigenvalue weighted by Gasteiger charge is -2.13. The predicted molar refractivity (Wildman–Crippen MR) is 84.6 cm³/mol. The maximum Gasteiger partial charge on any atom is 0.419 e. The molecule has 3 aromatic rings. The van der Waals surface area contributed by atoms with Gasteiger partial charge < -0.3 is 9.52 Å². The lowest BCUT2D eigenvalue weighted by Crippen LogP contribution is -2.08. The van der Waals surface area contributed by atoms with Gasteiger partial charge in [-0.2, -0.15) is 0 Å². The molecule has 108 valence electrons. The predicted octanol–water partition coefficient (Wildman–Crippen LogP) is 2.96. The van der Waals surface area contributed by atoms with Gasteiger partial charge in [0, 0.05) is 10.6 Å². The van der Waals surface area contributed by atoms with Crippen molar-refractivity contribution in [2.75, 3.05) is 0 Å². The molecule has 0 fully saturated rings. The quantitative estimate of drug-likeness (QED) is 0.675. The molecular weight excluding hydrogens is 388 g/mol. The minimum absolute atomic E-state index is 0.347. The molecule has 0 spiro atoms. The van der Waals surface area contributed by atoms with Crippen molar-refractivity contribution in [1.82, 2.24) is 4.57 Å². The van der Waals surface area contributed by atoms with Crippen molar-refractivity contribution < 1.29 is 13.9 Å². The van der Waals surface area contributed by atoms with Gasteiger partial charge in [0.25, 0.3) is 0 Å². The molecule has 4 nitrogen and oxygen atoms in total. The molecule has 6 heteroatoms. The Hall–Kier alpha value is -1.67. The van der Waals surface area contributed by atoms with Crippen LogP contribution in [0.25, 0.3) is 11.1 Å². The van der Waals surface area contributed by atoms with Gasteiger partial charge in [-0.15, -0.1) is 0 Å². The smallest absolute Gasteiger partial charge is 0.408 e. The largest absolute Gasteiger partial charge is 0.419 e. The average molecular weight is 399 g/mol. The monoisotopic (exact) mass is 399 g/mol. The summed E-state index contributed by atoms with van der Waals surface area (Å²) >= 11 is 1.98. The summed E-state index contributed by atoms with van der Waals surface area (Å²) in [5, 5.41) is 10.4. The molecule has 0 bridgehead atoms. The second-order valence-electron chi connectivity index (χ2n) is 4.72. The Balaban J connectivity index is 2.09. The van der Waals surface area contributed by atoms with E-state index >= 15 is 0 Å². The lowest BCUT2D eigenvalue weighted by atomic mass is 10.0. The van der Waals surface area contributed by atoms with Crippen LogP contribution in [0.4, 0.5) is 4.39 Å². The molecule has 1 heterocycles. The average Bonchev–Trinajstić information content (AvgIpc) is 2.73. The van der Waals surface area contributed by atoms with E-state index in [0.29, 0.717) is 25.8 Å². The molecule has 0 saturated heterocycles. The second-order valence-corrected chi connectivity index (χ2v) is 5.88. The molecule has 1 unspecified atom stereocenters. The van der Waals surface area contributed by atoms with E-state index in [0.717, 1.165) is 0 Å². The van der Waals surface area contributed by atoms with E-state index in [9.17, 15) is 14.3 Å². The number of aromatic nitrogens is 1. The first-order valence-electron chi connectivity index (χ1n) is 6.20. The second kappa shape index (κ2) is 5.27. The van der Waals surface area contributed by atoms with Gasteiger partial charge in [0.15, 0.2) is 5.58 Å². The third kappa shape index (κ3) is 2.49. The minimum atomic E-state index is -0.910. The van der Waals surface area contributed by atoms with Crippen LogP contribution >= 0.6 is 22.6 Å². The maximum atomic E-state index is 13.1. The highest BCUT2D eigenvalue weighted by atomic mass is 127. The van der Waals surface area contributed by atoms with Crippen LogP contribution in [0.15, 0.2) is 45.6 Å². The van der Waals surface area contributed by atoms with Crippen LogP contribution in [0, 0.1) is 9.39 Å². The third-order valence-corrected chi connectivity index (χ3v) is 4.32. The molecule has 0 aliphatic heterocycles. The molecular formula is C15H11FINO3. The van der Waals surface area contributed by atoms with Crippen molar-refractivity contribution in [3.8, 4) is 0 Å². The van der Waals surface area contributed by atoms with Gasteiger partial charge in [-0.25, -0.2) is 9.18 Å². The fourth-order valence-electron chi connectivity index (χ4n) is 2.22. The van der Waals surface area contributed by atoms with Gasteiger partial charge in [0.2, 0.25) is 0 Å². The first kappa shape index (κ1) is 14.3. The van der Waals surface area contributed by atoms with E-state index in [1.165, 1.54) is 16.7 Å². The number of hydrogen-bond donors (Lipinski definition) is 1. The van der Waals surface area contributed by atoms with Crippen LogP contribution < -0.4 is 5.76 Å². The van der Waals surface area contributed by atoms with Crippen LogP contribution in [0.3, 0.4) is 0 Å². The number of oxazole rings is 1. The Labute approximate surface area is 133 Å². The molecule has 21 heavy (non-hydrogen) atoms. The fourth-order valence-corrected chi connectivity index (χ4v) is 3.00. The number of aryl methyl sites for hydroxylation is 1. The molecule has 0 saturated carbocycles. The molecule has 0 aliphatic carbocycles. The Kier molecular flexibility index (Phi) is 3.58. The van der Waals surface area contributed by atoms with Crippen LogP contribution in [0.1, 0.15) is 17.2 Å². The third-order valence-electron chi connectivity index (χ3n) is 3.39. The van der Waals surface area contributed by atoms with Gasteiger partial charge in [-0.05, 0) is 58.0 Å². The number of aliphatic hydroxyl groups is 1. The zero-order valence-electron chi connectivity index (χ0n) is 11.0. The van der Waals surface area contributed by atoms with E-state index in [1.807, 2.05) is 22.6 Å². The summed E-state index contributed by atoms with van der Waals surface area (Å²) in [5.41, 5.74) is 2.26. The number of rotatable bonds is 2. The van der Waals surface area contributed by atoms with Crippen LogP contribution in [-0.4, -0.2) is 9.67 Å². The summed E-state index contributed by atoms with van der Waals surface area (Å²) in [7, 11) is 1.62. The van der Waals surface area contributed by atoms with Gasteiger partial charge in [0.05, 0.1) is 5.52 Å². The standard InChI is InChI=1S/C15H11FINO3/c1-18-12-5-2-8(6-13(12)21-15(18)20)14(19)10-4-3-9(16)7-11(10)17/h2-7,14,19H,1H3. The number of hydrogen-bond acceptors (Lipinski definition) is 3. The summed E-state index contributed by atoms with van der Waals surface area (Å²) in [6.45, 7) is 0. The summed E-state index contributed by atoms with van der Waals surface area (Å²) in [5.74, 6) is -0.798. The first-order valence-corrected chi connectivity index (χ1v) is 7.28. The van der Waals surface area contributed by atoms with Crippen molar-refractivity contribution in [3.05, 3.63) is 67.5 Å². The Bertz CT molecular complexity index is 884. The van der Waals surface area contributed by atoms with Gasteiger partial charge in [0.1, 0.15) is 11.9 Å². The Morgan fingerprint density at radius 1 is 1.29 bits per heavy atom. The van der Waals surface area contributed by atoms with Crippen LogP contribution in [0.5, 0.6) is 0 Å². The summed E-state index contributed by atoms with van der Waals surface area (Å²) in [6, 6.07) is 9.28. The van der Waals surface area contributed by atoms with Gasteiger partial charge >= 0.3 is 5.76 Å². The van der Waals surface area contributed by atoms with E-state index in [4.69, 9.17) is 4.42 Å². The normalized spacial score (nSPS) is 12.8. The molecule has 0 radical (unpaired) electrons. The number of fused-ring (bicyclic) bond motifs is 1. The molecule has 1 aromatic heterocycles. The Morgan fingerprint density at radius 3 is 2.76 bits per heavy atom. The molecule has 1 atom stereocenters. The van der Waals surface area contributed by atoms with Crippen molar-refractivity contribution >= 4 is 33.7 Å². The van der Waals surface area contributed by atoms with E-state index < -0.39 is 11.9 Å². The number of nitrogens with zero attached hydrogens (tertiary/aromatic N) is 1. The topological polar surface area (TPSA) is 55.4 Å². The molecule has 3 rings (SSSR count). The van der Waals surface area contributed by atoms with Crippen molar-refractivity contribution in [2.24, 2.45) is 7.05 Å². The van der Waals surface area contributed by atoms with Gasteiger partial charge in [-0.3, -0.25) is 4.57 Å². The number of halogens is 2. The van der Waals surface area contributed by atoms with E-state index in [2.05, 4.69) is 0 Å². The van der Waals surface area contributed by atoms with Gasteiger partial charge in [-0.1, -0.05) is 12.1 Å². The van der Waals surface area contributed by atoms with Crippen molar-refractivity contribution in [2.45, 2.75) is 6.10 Å². The van der Waals surface area contributed by atoms with Crippen LogP contribution in [-0.2, 0) is 7.05 Å². The number of aliphatic hydroxyl groups excluding tert-OH is 1. The summed E-state index contributed by atoms with van der Waals surface area (Å²) in [4.78, 5) is 11.5.